The zero-order valence-corrected chi connectivity index (χ0v) is 13.1. The van der Waals surface area contributed by atoms with Crippen LogP contribution in [0, 0.1) is 0 Å². The van der Waals surface area contributed by atoms with E-state index in [2.05, 4.69) is 18.7 Å². The van der Waals surface area contributed by atoms with Crippen LogP contribution < -0.4 is 9.47 Å². The van der Waals surface area contributed by atoms with Crippen LogP contribution in [-0.4, -0.2) is 41.3 Å². The van der Waals surface area contributed by atoms with Crippen LogP contribution in [0.1, 0.15) is 45.3 Å². The molecule has 0 spiro atoms. The van der Waals surface area contributed by atoms with E-state index in [-0.39, 0.29) is 6.04 Å². The van der Waals surface area contributed by atoms with Gasteiger partial charge in [0.2, 0.25) is 0 Å². The third-order valence-electron chi connectivity index (χ3n) is 4.54. The second kappa shape index (κ2) is 5.50. The van der Waals surface area contributed by atoms with E-state index in [4.69, 9.17) is 9.47 Å². The Labute approximate surface area is 126 Å². The predicted molar refractivity (Wildman–Crippen MR) is 81.9 cm³/mol. The first-order valence-electron chi connectivity index (χ1n) is 7.91. The molecule has 1 aromatic rings. The quantitative estimate of drug-likeness (QED) is 0.930. The van der Waals surface area contributed by atoms with Crippen molar-refractivity contribution >= 4 is 0 Å². The van der Waals surface area contributed by atoms with Crippen molar-refractivity contribution in [3.63, 3.8) is 0 Å². The van der Waals surface area contributed by atoms with Gasteiger partial charge in [-0.3, -0.25) is 4.90 Å². The van der Waals surface area contributed by atoms with E-state index >= 15 is 0 Å². The number of hydrogen-bond donors (Lipinski definition) is 1. The van der Waals surface area contributed by atoms with Crippen LogP contribution >= 0.6 is 0 Å². The molecular weight excluding hydrogens is 266 g/mol. The van der Waals surface area contributed by atoms with E-state index < -0.39 is 11.7 Å². The Kier molecular flexibility index (Phi) is 3.84. The number of aliphatic hydroxyl groups excluding tert-OH is 1. The van der Waals surface area contributed by atoms with Gasteiger partial charge in [-0.15, -0.1) is 0 Å². The summed E-state index contributed by atoms with van der Waals surface area (Å²) in [6.07, 6.45) is 1.81. The largest absolute Gasteiger partial charge is 0.493 e. The van der Waals surface area contributed by atoms with Gasteiger partial charge in [-0.05, 0) is 58.8 Å². The maximum atomic E-state index is 11.0. The first-order chi connectivity index (χ1) is 10.0. The van der Waals surface area contributed by atoms with Gasteiger partial charge in [0.25, 0.3) is 0 Å². The van der Waals surface area contributed by atoms with Crippen molar-refractivity contribution < 1.29 is 14.6 Å². The summed E-state index contributed by atoms with van der Waals surface area (Å²) in [7, 11) is 0. The molecule has 0 bridgehead atoms. The molecule has 0 radical (unpaired) electrons. The van der Waals surface area contributed by atoms with Crippen LogP contribution in [0.2, 0.25) is 0 Å². The Bertz CT molecular complexity index is 509. The average molecular weight is 291 g/mol. The van der Waals surface area contributed by atoms with E-state index in [1.807, 2.05) is 25.1 Å². The molecule has 2 aliphatic heterocycles. The highest BCUT2D eigenvalue weighted by Crippen LogP contribution is 2.46. The van der Waals surface area contributed by atoms with E-state index in [1.54, 1.807) is 0 Å². The summed E-state index contributed by atoms with van der Waals surface area (Å²) in [6, 6.07) is 5.72. The van der Waals surface area contributed by atoms with Crippen molar-refractivity contribution in [1.82, 2.24) is 4.90 Å². The fraction of sp³-hybridized carbons (Fsp3) is 0.647. The molecule has 3 rings (SSSR count). The standard InChI is InChI=1S/C17H25NO3/c1-4-20-12-8-7-9-13-14(12)15(19)16(17(2,3)21-13)18-10-5-6-11-18/h7-9,15-16,19H,4-6,10-11H2,1-3H3. The minimum atomic E-state index is -0.579. The van der Waals surface area contributed by atoms with Gasteiger partial charge in [0.1, 0.15) is 23.2 Å². The number of rotatable bonds is 3. The van der Waals surface area contributed by atoms with Crippen LogP contribution in [0.25, 0.3) is 0 Å². The van der Waals surface area contributed by atoms with Gasteiger partial charge in [0.05, 0.1) is 18.2 Å². The molecule has 21 heavy (non-hydrogen) atoms. The molecule has 2 atom stereocenters. The molecule has 2 heterocycles. The lowest BCUT2D eigenvalue weighted by molar-refractivity contribution is -0.0767. The van der Waals surface area contributed by atoms with E-state index in [1.165, 1.54) is 12.8 Å². The highest BCUT2D eigenvalue weighted by molar-refractivity contribution is 5.49. The van der Waals surface area contributed by atoms with Crippen LogP contribution in [0.15, 0.2) is 18.2 Å². The number of ether oxygens (including phenoxy) is 2. The van der Waals surface area contributed by atoms with Gasteiger partial charge < -0.3 is 14.6 Å². The van der Waals surface area contributed by atoms with Crippen molar-refractivity contribution in [3.05, 3.63) is 23.8 Å². The number of aliphatic hydroxyl groups is 1. The summed E-state index contributed by atoms with van der Waals surface area (Å²) in [5.74, 6) is 1.48. The second-order valence-corrected chi connectivity index (χ2v) is 6.44. The molecule has 2 unspecified atom stereocenters. The van der Waals surface area contributed by atoms with Crippen molar-refractivity contribution in [2.75, 3.05) is 19.7 Å². The van der Waals surface area contributed by atoms with Crippen LogP contribution in [0.3, 0.4) is 0 Å². The van der Waals surface area contributed by atoms with Crippen molar-refractivity contribution in [2.24, 2.45) is 0 Å². The molecule has 0 saturated carbocycles. The Morgan fingerprint density at radius 1 is 1.33 bits per heavy atom. The summed E-state index contributed by atoms with van der Waals surface area (Å²) < 4.78 is 11.9. The molecule has 1 saturated heterocycles. The Morgan fingerprint density at radius 2 is 2.05 bits per heavy atom. The first kappa shape index (κ1) is 14.7. The number of benzene rings is 1. The predicted octanol–water partition coefficient (Wildman–Crippen LogP) is 2.75. The minimum Gasteiger partial charge on any atom is -0.493 e. The smallest absolute Gasteiger partial charge is 0.129 e. The van der Waals surface area contributed by atoms with Gasteiger partial charge in [-0.2, -0.15) is 0 Å². The lowest BCUT2D eigenvalue weighted by Gasteiger charge is -2.47. The molecule has 116 valence electrons. The molecule has 2 aliphatic rings. The summed E-state index contributed by atoms with van der Waals surface area (Å²) >= 11 is 0. The summed E-state index contributed by atoms with van der Waals surface area (Å²) in [6.45, 7) is 8.73. The summed E-state index contributed by atoms with van der Waals surface area (Å²) in [4.78, 5) is 2.36. The zero-order chi connectivity index (χ0) is 15.0. The van der Waals surface area contributed by atoms with Gasteiger partial charge >= 0.3 is 0 Å². The number of likely N-dealkylation sites (tertiary alicyclic amines) is 1. The molecule has 0 aromatic heterocycles. The van der Waals surface area contributed by atoms with E-state index in [9.17, 15) is 5.11 Å². The minimum absolute atomic E-state index is 0.0332. The van der Waals surface area contributed by atoms with Gasteiger partial charge in [0, 0.05) is 0 Å². The maximum Gasteiger partial charge on any atom is 0.129 e. The average Bonchev–Trinajstić information content (AvgIpc) is 2.91. The van der Waals surface area contributed by atoms with E-state index in [0.717, 1.165) is 30.2 Å². The monoisotopic (exact) mass is 291 g/mol. The topological polar surface area (TPSA) is 41.9 Å². The highest BCUT2D eigenvalue weighted by atomic mass is 16.5. The summed E-state index contributed by atoms with van der Waals surface area (Å²) in [5, 5.41) is 11.0. The molecular formula is C17H25NO3. The van der Waals surface area contributed by atoms with Crippen molar-refractivity contribution in [3.8, 4) is 11.5 Å². The summed E-state index contributed by atoms with van der Waals surface area (Å²) in [5.41, 5.74) is 0.386. The molecule has 0 aliphatic carbocycles. The molecule has 4 nitrogen and oxygen atoms in total. The Morgan fingerprint density at radius 3 is 2.71 bits per heavy atom. The number of fused-ring (bicyclic) bond motifs is 1. The van der Waals surface area contributed by atoms with Crippen molar-refractivity contribution in [1.29, 1.82) is 0 Å². The molecule has 1 fully saturated rings. The third-order valence-corrected chi connectivity index (χ3v) is 4.54. The van der Waals surface area contributed by atoms with Gasteiger partial charge in [0.15, 0.2) is 0 Å². The third kappa shape index (κ3) is 2.51. The molecule has 0 amide bonds. The van der Waals surface area contributed by atoms with Gasteiger partial charge in [-0.25, -0.2) is 0 Å². The van der Waals surface area contributed by atoms with Crippen LogP contribution in [-0.2, 0) is 0 Å². The lowest BCUT2D eigenvalue weighted by atomic mass is 9.84. The fourth-order valence-electron chi connectivity index (χ4n) is 3.73. The number of hydrogen-bond acceptors (Lipinski definition) is 4. The van der Waals surface area contributed by atoms with Crippen LogP contribution in [0.4, 0.5) is 0 Å². The Hall–Kier alpha value is -1.26. The zero-order valence-electron chi connectivity index (χ0n) is 13.1. The van der Waals surface area contributed by atoms with Crippen LogP contribution in [0.5, 0.6) is 11.5 Å². The highest BCUT2D eigenvalue weighted by Gasteiger charge is 2.48. The number of nitrogens with zero attached hydrogens (tertiary/aromatic N) is 1. The first-order valence-corrected chi connectivity index (χ1v) is 7.91. The normalized spacial score (nSPS) is 28.0. The van der Waals surface area contributed by atoms with Gasteiger partial charge in [-0.1, -0.05) is 6.07 Å². The van der Waals surface area contributed by atoms with Crippen molar-refractivity contribution in [2.45, 2.75) is 51.4 Å². The second-order valence-electron chi connectivity index (χ2n) is 6.44. The maximum absolute atomic E-state index is 11.0. The molecule has 1 aromatic carbocycles. The SMILES string of the molecule is CCOc1cccc2c1C(O)C(N1CCCC1)C(C)(C)O2. The fourth-order valence-corrected chi connectivity index (χ4v) is 3.73. The molecule has 4 heteroatoms. The Balaban J connectivity index is 2.02. The lowest BCUT2D eigenvalue weighted by Crippen LogP contribution is -2.57. The molecule has 1 N–H and O–H groups in total. The van der Waals surface area contributed by atoms with E-state index in [0.29, 0.717) is 6.61 Å².